The van der Waals surface area contributed by atoms with Gasteiger partial charge < -0.3 is 5.73 Å². The van der Waals surface area contributed by atoms with Gasteiger partial charge in [0.05, 0.1) is 11.4 Å². The van der Waals surface area contributed by atoms with Gasteiger partial charge in [-0.25, -0.2) is 4.98 Å². The molecule has 2 rings (SSSR count). The van der Waals surface area contributed by atoms with Gasteiger partial charge in [0.25, 0.3) is 0 Å². The number of aromatic nitrogens is 3. The minimum Gasteiger partial charge on any atom is -0.384 e. The number of nitrogen functional groups attached to an aromatic ring is 1. The van der Waals surface area contributed by atoms with Crippen LogP contribution in [0.5, 0.6) is 0 Å². The lowest BCUT2D eigenvalue weighted by Gasteiger charge is -1.98. The van der Waals surface area contributed by atoms with Gasteiger partial charge in [0, 0.05) is 18.8 Å². The smallest absolute Gasteiger partial charge is 0.124 e. The normalized spacial score (nSPS) is 10.4. The molecule has 2 N–H and O–H groups in total. The second kappa shape index (κ2) is 3.14. The van der Waals surface area contributed by atoms with Crippen molar-refractivity contribution in [3.63, 3.8) is 0 Å². The summed E-state index contributed by atoms with van der Waals surface area (Å²) >= 11 is 0. The van der Waals surface area contributed by atoms with Crippen LogP contribution in [0.25, 0.3) is 11.3 Å². The zero-order valence-electron chi connectivity index (χ0n) is 8.23. The van der Waals surface area contributed by atoms with Gasteiger partial charge in [-0.3, -0.25) is 4.68 Å². The van der Waals surface area contributed by atoms with E-state index in [-0.39, 0.29) is 0 Å². The van der Waals surface area contributed by atoms with E-state index >= 15 is 0 Å². The Bertz CT molecular complexity index is 459. The molecule has 0 unspecified atom stereocenters. The van der Waals surface area contributed by atoms with E-state index in [0.29, 0.717) is 5.82 Å². The highest BCUT2D eigenvalue weighted by Gasteiger charge is 2.06. The predicted molar refractivity (Wildman–Crippen MR) is 55.6 cm³/mol. The summed E-state index contributed by atoms with van der Waals surface area (Å²) in [4.78, 5) is 4.24. The molecule has 4 nitrogen and oxygen atoms in total. The van der Waals surface area contributed by atoms with Crippen LogP contribution in [-0.4, -0.2) is 14.8 Å². The van der Waals surface area contributed by atoms with E-state index < -0.39 is 0 Å². The average molecular weight is 188 g/mol. The third-order valence-corrected chi connectivity index (χ3v) is 2.06. The van der Waals surface area contributed by atoms with E-state index in [4.69, 9.17) is 5.73 Å². The maximum absolute atomic E-state index is 5.61. The highest BCUT2D eigenvalue weighted by Crippen LogP contribution is 2.20. The zero-order valence-corrected chi connectivity index (χ0v) is 8.23. The summed E-state index contributed by atoms with van der Waals surface area (Å²) in [5.74, 6) is 0.533. The molecule has 2 aromatic rings. The number of pyridine rings is 1. The van der Waals surface area contributed by atoms with Gasteiger partial charge in [0.2, 0.25) is 0 Å². The Kier molecular flexibility index (Phi) is 1.96. The number of aryl methyl sites for hydroxylation is 2. The molecule has 0 atom stereocenters. The number of hydrogen-bond donors (Lipinski definition) is 1. The Labute approximate surface area is 82.4 Å². The summed E-state index contributed by atoms with van der Waals surface area (Å²) in [6, 6.07) is 5.60. The zero-order chi connectivity index (χ0) is 10.1. The lowest BCUT2D eigenvalue weighted by Crippen LogP contribution is -1.91. The standard InChI is InChI=1S/C10H12N4/c1-7-8(6-14(2)13-7)9-4-3-5-10(11)12-9/h3-6H,1-2H3,(H2,11,12). The van der Waals surface area contributed by atoms with Crippen molar-refractivity contribution in [2.75, 3.05) is 5.73 Å². The highest BCUT2D eigenvalue weighted by molar-refractivity contribution is 5.62. The third-order valence-electron chi connectivity index (χ3n) is 2.06. The molecule has 0 aliphatic rings. The molecule has 0 aliphatic carbocycles. The Balaban J connectivity index is 2.54. The fourth-order valence-corrected chi connectivity index (χ4v) is 1.45. The van der Waals surface area contributed by atoms with Crippen LogP contribution in [0.4, 0.5) is 5.82 Å². The summed E-state index contributed by atoms with van der Waals surface area (Å²) in [6.07, 6.45) is 1.94. The van der Waals surface area contributed by atoms with Crippen molar-refractivity contribution in [3.8, 4) is 11.3 Å². The fourth-order valence-electron chi connectivity index (χ4n) is 1.45. The van der Waals surface area contributed by atoms with Gasteiger partial charge in [0.15, 0.2) is 0 Å². The van der Waals surface area contributed by atoms with Crippen LogP contribution >= 0.6 is 0 Å². The molecule has 2 heterocycles. The Morgan fingerprint density at radius 2 is 2.14 bits per heavy atom. The molecule has 4 heteroatoms. The lowest BCUT2D eigenvalue weighted by atomic mass is 10.2. The molecule has 0 saturated carbocycles. The van der Waals surface area contributed by atoms with Crippen LogP contribution < -0.4 is 5.73 Å². The second-order valence-corrected chi connectivity index (χ2v) is 3.25. The summed E-state index contributed by atoms with van der Waals surface area (Å²) < 4.78 is 1.77. The van der Waals surface area contributed by atoms with Gasteiger partial charge in [-0.1, -0.05) is 6.07 Å². The van der Waals surface area contributed by atoms with Crippen molar-refractivity contribution < 1.29 is 0 Å². The maximum Gasteiger partial charge on any atom is 0.124 e. The van der Waals surface area contributed by atoms with Crippen LogP contribution in [-0.2, 0) is 7.05 Å². The molecule has 0 radical (unpaired) electrons. The highest BCUT2D eigenvalue weighted by atomic mass is 15.2. The number of nitrogens with two attached hydrogens (primary N) is 1. The minimum atomic E-state index is 0.533. The minimum absolute atomic E-state index is 0.533. The van der Waals surface area contributed by atoms with Crippen molar-refractivity contribution >= 4 is 5.82 Å². The van der Waals surface area contributed by atoms with Gasteiger partial charge >= 0.3 is 0 Å². The van der Waals surface area contributed by atoms with Crippen LogP contribution in [0, 0.1) is 6.92 Å². The number of hydrogen-bond acceptors (Lipinski definition) is 3. The molecule has 0 aliphatic heterocycles. The first-order chi connectivity index (χ1) is 6.66. The molecule has 72 valence electrons. The number of rotatable bonds is 1. The molecule has 2 aromatic heterocycles. The summed E-state index contributed by atoms with van der Waals surface area (Å²) in [7, 11) is 1.89. The Hall–Kier alpha value is -1.84. The van der Waals surface area contributed by atoms with E-state index in [0.717, 1.165) is 17.0 Å². The lowest BCUT2D eigenvalue weighted by molar-refractivity contribution is 0.756. The van der Waals surface area contributed by atoms with Gasteiger partial charge in [-0.2, -0.15) is 5.10 Å². The predicted octanol–water partition coefficient (Wildman–Crippen LogP) is 1.37. The van der Waals surface area contributed by atoms with Crippen molar-refractivity contribution in [2.45, 2.75) is 6.92 Å². The van der Waals surface area contributed by atoms with E-state index in [9.17, 15) is 0 Å². The van der Waals surface area contributed by atoms with Crippen LogP contribution in [0.15, 0.2) is 24.4 Å². The SMILES string of the molecule is Cc1nn(C)cc1-c1cccc(N)n1. The fraction of sp³-hybridized carbons (Fsp3) is 0.200. The monoisotopic (exact) mass is 188 g/mol. The Morgan fingerprint density at radius 3 is 2.71 bits per heavy atom. The molecule has 0 spiro atoms. The third kappa shape index (κ3) is 1.46. The second-order valence-electron chi connectivity index (χ2n) is 3.25. The van der Waals surface area contributed by atoms with Gasteiger partial charge in [-0.15, -0.1) is 0 Å². The number of anilines is 1. The van der Waals surface area contributed by atoms with E-state index in [1.165, 1.54) is 0 Å². The summed E-state index contributed by atoms with van der Waals surface area (Å²) in [6.45, 7) is 1.96. The largest absolute Gasteiger partial charge is 0.384 e. The van der Waals surface area contributed by atoms with E-state index in [1.54, 1.807) is 10.7 Å². The van der Waals surface area contributed by atoms with Crippen LogP contribution in [0.2, 0.25) is 0 Å². The average Bonchev–Trinajstić information content (AvgIpc) is 2.45. The topological polar surface area (TPSA) is 56.7 Å². The van der Waals surface area contributed by atoms with Crippen molar-refractivity contribution in [1.82, 2.24) is 14.8 Å². The summed E-state index contributed by atoms with van der Waals surface area (Å²) in [5, 5.41) is 4.25. The number of nitrogens with zero attached hydrogens (tertiary/aromatic N) is 3. The molecular weight excluding hydrogens is 176 g/mol. The molecule has 0 saturated heterocycles. The summed E-state index contributed by atoms with van der Waals surface area (Å²) in [5.41, 5.74) is 8.48. The quantitative estimate of drug-likeness (QED) is 0.735. The first-order valence-electron chi connectivity index (χ1n) is 4.40. The van der Waals surface area contributed by atoms with Crippen molar-refractivity contribution in [3.05, 3.63) is 30.1 Å². The molecule has 0 aromatic carbocycles. The molecule has 14 heavy (non-hydrogen) atoms. The van der Waals surface area contributed by atoms with Crippen molar-refractivity contribution in [2.24, 2.45) is 7.05 Å². The van der Waals surface area contributed by atoms with Crippen LogP contribution in [0.1, 0.15) is 5.69 Å². The van der Waals surface area contributed by atoms with Crippen LogP contribution in [0.3, 0.4) is 0 Å². The molecule has 0 fully saturated rings. The first-order valence-corrected chi connectivity index (χ1v) is 4.40. The molecular formula is C10H12N4. The Morgan fingerprint density at radius 1 is 1.36 bits per heavy atom. The van der Waals surface area contributed by atoms with Crippen molar-refractivity contribution in [1.29, 1.82) is 0 Å². The maximum atomic E-state index is 5.61. The molecule has 0 amide bonds. The van der Waals surface area contributed by atoms with Gasteiger partial charge in [-0.05, 0) is 19.1 Å². The van der Waals surface area contributed by atoms with Gasteiger partial charge in [0.1, 0.15) is 5.82 Å². The molecule has 0 bridgehead atoms. The van der Waals surface area contributed by atoms with E-state index in [2.05, 4.69) is 10.1 Å². The van der Waals surface area contributed by atoms with E-state index in [1.807, 2.05) is 32.3 Å². The first kappa shape index (κ1) is 8.74.